The van der Waals surface area contributed by atoms with Crippen molar-refractivity contribution in [2.75, 3.05) is 32.8 Å². The first-order valence-corrected chi connectivity index (χ1v) is 13.2. The van der Waals surface area contributed by atoms with E-state index in [9.17, 15) is 9.18 Å². The minimum Gasteiger partial charge on any atom is -0.457 e. The maximum Gasteiger partial charge on any atom is 0.338 e. The number of nitrogens with zero attached hydrogens (tertiary/aromatic N) is 3. The molecule has 0 bridgehead atoms. The van der Waals surface area contributed by atoms with Gasteiger partial charge in [-0.3, -0.25) is 9.89 Å². The summed E-state index contributed by atoms with van der Waals surface area (Å²) in [6, 6.07) is 13.2. The Hall–Kier alpha value is -2.92. The molecule has 3 heterocycles. The fourth-order valence-electron chi connectivity index (χ4n) is 4.14. The van der Waals surface area contributed by atoms with Crippen molar-refractivity contribution >= 4 is 39.1 Å². The molecule has 2 aromatic carbocycles. The SMILES string of the molecule is C.O=C(OCc1ccccc1)C1=C(CN2CCOCC2)NC(c2nccs2)=NC1c1ccc(F)cc1Br. The van der Waals surface area contributed by atoms with Crippen LogP contribution in [0.25, 0.3) is 0 Å². The molecule has 2 aliphatic heterocycles. The zero-order valence-electron chi connectivity index (χ0n) is 19.3. The number of aromatic nitrogens is 1. The Balaban J connectivity index is 0.00000320. The lowest BCUT2D eigenvalue weighted by molar-refractivity contribution is -0.140. The van der Waals surface area contributed by atoms with Crippen molar-refractivity contribution in [1.82, 2.24) is 15.2 Å². The zero-order valence-corrected chi connectivity index (χ0v) is 21.7. The van der Waals surface area contributed by atoms with Crippen LogP contribution in [0.3, 0.4) is 0 Å². The summed E-state index contributed by atoms with van der Waals surface area (Å²) in [5.41, 5.74) is 2.64. The Kier molecular flexibility index (Phi) is 9.20. The number of carbonyl (C=O) groups excluding carboxylic acids is 1. The normalized spacial score (nSPS) is 18.0. The molecule has 1 fully saturated rings. The van der Waals surface area contributed by atoms with Crippen LogP contribution in [0.1, 0.15) is 29.6 Å². The molecular weight excluding hydrogens is 559 g/mol. The number of benzene rings is 2. The molecule has 0 radical (unpaired) electrons. The van der Waals surface area contributed by atoms with Crippen LogP contribution in [0, 0.1) is 5.82 Å². The lowest BCUT2D eigenvalue weighted by Gasteiger charge is -2.32. The van der Waals surface area contributed by atoms with Crippen molar-refractivity contribution in [2.45, 2.75) is 20.1 Å². The Morgan fingerprint density at radius 1 is 1.22 bits per heavy atom. The van der Waals surface area contributed by atoms with Gasteiger partial charge in [0, 0.05) is 41.4 Å². The molecule has 1 aromatic heterocycles. The smallest absolute Gasteiger partial charge is 0.338 e. The lowest BCUT2D eigenvalue weighted by Crippen LogP contribution is -2.43. The highest BCUT2D eigenvalue weighted by Gasteiger charge is 2.35. The van der Waals surface area contributed by atoms with Crippen LogP contribution in [0.15, 0.2) is 80.8 Å². The molecule has 10 heteroatoms. The van der Waals surface area contributed by atoms with Gasteiger partial charge >= 0.3 is 5.97 Å². The van der Waals surface area contributed by atoms with Gasteiger partial charge < -0.3 is 14.8 Å². The highest BCUT2D eigenvalue weighted by atomic mass is 79.9. The van der Waals surface area contributed by atoms with Gasteiger partial charge in [-0.2, -0.15) is 0 Å². The zero-order chi connectivity index (χ0) is 24.9. The topological polar surface area (TPSA) is 76.0 Å². The summed E-state index contributed by atoms with van der Waals surface area (Å²) in [7, 11) is 0. The Bertz CT molecular complexity index is 1280. The quantitative estimate of drug-likeness (QED) is 0.388. The minimum atomic E-state index is -0.709. The molecule has 0 aliphatic carbocycles. The van der Waals surface area contributed by atoms with E-state index < -0.39 is 12.0 Å². The number of carbonyl (C=O) groups is 1. The first-order chi connectivity index (χ1) is 17.6. The number of rotatable bonds is 7. The van der Waals surface area contributed by atoms with Crippen LogP contribution in [-0.2, 0) is 20.9 Å². The van der Waals surface area contributed by atoms with Crippen LogP contribution in [0.2, 0.25) is 0 Å². The van der Waals surface area contributed by atoms with Crippen molar-refractivity contribution in [1.29, 1.82) is 0 Å². The number of nitrogens with one attached hydrogen (secondary N) is 1. The summed E-state index contributed by atoms with van der Waals surface area (Å²) < 4.78 is 25.8. The maximum atomic E-state index is 14.0. The van der Waals surface area contributed by atoms with Gasteiger partial charge in [0.15, 0.2) is 10.8 Å². The number of thiazole rings is 1. The first kappa shape index (κ1) is 27.1. The molecule has 2 aliphatic rings. The minimum absolute atomic E-state index is 0. The summed E-state index contributed by atoms with van der Waals surface area (Å²) in [6.07, 6.45) is 1.71. The Morgan fingerprint density at radius 3 is 2.70 bits per heavy atom. The van der Waals surface area contributed by atoms with E-state index in [1.807, 2.05) is 35.7 Å². The number of hydrogen-bond acceptors (Lipinski definition) is 8. The lowest BCUT2D eigenvalue weighted by atomic mass is 9.95. The van der Waals surface area contributed by atoms with Gasteiger partial charge in [0.05, 0.1) is 18.8 Å². The third-order valence-electron chi connectivity index (χ3n) is 5.94. The van der Waals surface area contributed by atoms with Gasteiger partial charge in [0.1, 0.15) is 18.5 Å². The highest BCUT2D eigenvalue weighted by molar-refractivity contribution is 9.10. The highest BCUT2D eigenvalue weighted by Crippen LogP contribution is 2.37. The van der Waals surface area contributed by atoms with Crippen molar-refractivity contribution < 1.29 is 18.7 Å². The van der Waals surface area contributed by atoms with E-state index >= 15 is 0 Å². The fourth-order valence-corrected chi connectivity index (χ4v) is 5.30. The number of esters is 1. The Morgan fingerprint density at radius 2 is 2.00 bits per heavy atom. The molecule has 3 aromatic rings. The molecule has 194 valence electrons. The van der Waals surface area contributed by atoms with Gasteiger partial charge in [-0.1, -0.05) is 59.8 Å². The van der Waals surface area contributed by atoms with Crippen LogP contribution in [0.4, 0.5) is 4.39 Å². The summed E-state index contributed by atoms with van der Waals surface area (Å²) in [6.45, 7) is 3.36. The van der Waals surface area contributed by atoms with Crippen LogP contribution >= 0.6 is 27.3 Å². The van der Waals surface area contributed by atoms with Gasteiger partial charge in [0.25, 0.3) is 0 Å². The predicted octanol–water partition coefficient (Wildman–Crippen LogP) is 5.10. The van der Waals surface area contributed by atoms with E-state index in [-0.39, 0.29) is 19.9 Å². The number of morpholine rings is 1. The third-order valence-corrected chi connectivity index (χ3v) is 7.40. The number of aliphatic imine (C=N–C) groups is 1. The molecule has 1 unspecified atom stereocenters. The summed E-state index contributed by atoms with van der Waals surface area (Å²) in [4.78, 5) is 25.2. The van der Waals surface area contributed by atoms with Gasteiger partial charge in [-0.25, -0.2) is 14.2 Å². The standard InChI is InChI=1S/C26H24BrFN4O3S.CH4/c27-20-14-18(28)6-7-19(20)23-22(26(33)35-16-17-4-2-1-3-5-17)21(15-32-9-11-34-12-10-32)30-24(31-23)25-29-8-13-36-25;/h1-8,13-14,23H,9-12,15-16H2,(H,30,31);1H4. The predicted molar refractivity (Wildman–Crippen MR) is 146 cm³/mol. The van der Waals surface area contributed by atoms with Crippen LogP contribution in [-0.4, -0.2) is 54.5 Å². The number of ether oxygens (including phenoxy) is 2. The van der Waals surface area contributed by atoms with E-state index in [2.05, 4.69) is 31.1 Å². The van der Waals surface area contributed by atoms with Crippen LogP contribution < -0.4 is 5.32 Å². The maximum absolute atomic E-state index is 14.0. The van der Waals surface area contributed by atoms with Gasteiger partial charge in [0.2, 0.25) is 0 Å². The molecular formula is C27H28BrFN4O3S. The van der Waals surface area contributed by atoms with Crippen LogP contribution in [0.5, 0.6) is 0 Å². The molecule has 0 amide bonds. The van der Waals surface area contributed by atoms with Crippen molar-refractivity contribution in [3.05, 3.63) is 97.8 Å². The molecule has 5 rings (SSSR count). The second-order valence-corrected chi connectivity index (χ2v) is 10.1. The number of halogens is 2. The second kappa shape index (κ2) is 12.6. The van der Waals surface area contributed by atoms with Gasteiger partial charge in [-0.15, -0.1) is 11.3 Å². The Labute approximate surface area is 228 Å². The fraction of sp³-hybridized carbons (Fsp3) is 0.296. The van der Waals surface area contributed by atoms with E-state index in [1.54, 1.807) is 12.3 Å². The summed E-state index contributed by atoms with van der Waals surface area (Å²) >= 11 is 4.93. The average molecular weight is 588 g/mol. The van der Waals surface area contributed by atoms with E-state index in [0.717, 1.165) is 18.7 Å². The van der Waals surface area contributed by atoms with Gasteiger partial charge in [-0.05, 0) is 23.3 Å². The first-order valence-electron chi connectivity index (χ1n) is 11.5. The molecule has 0 spiro atoms. The third kappa shape index (κ3) is 6.51. The monoisotopic (exact) mass is 586 g/mol. The molecule has 0 saturated carbocycles. The second-order valence-electron chi connectivity index (χ2n) is 8.35. The summed E-state index contributed by atoms with van der Waals surface area (Å²) in [5.74, 6) is -0.290. The van der Waals surface area contributed by atoms with Crippen molar-refractivity contribution in [3.63, 3.8) is 0 Å². The largest absolute Gasteiger partial charge is 0.457 e. The molecule has 1 N–H and O–H groups in total. The van der Waals surface area contributed by atoms with E-state index in [0.29, 0.717) is 51.9 Å². The number of amidine groups is 1. The van der Waals surface area contributed by atoms with E-state index in [1.165, 1.54) is 23.5 Å². The molecule has 7 nitrogen and oxygen atoms in total. The average Bonchev–Trinajstić information content (AvgIpc) is 3.43. The van der Waals surface area contributed by atoms with E-state index in [4.69, 9.17) is 14.5 Å². The van der Waals surface area contributed by atoms with Crippen molar-refractivity contribution in [3.8, 4) is 0 Å². The number of hydrogen-bond donors (Lipinski definition) is 1. The molecule has 37 heavy (non-hydrogen) atoms. The molecule has 1 atom stereocenters. The summed E-state index contributed by atoms with van der Waals surface area (Å²) in [5, 5.41) is 5.94. The molecule has 1 saturated heterocycles. The van der Waals surface area contributed by atoms with Crippen molar-refractivity contribution in [2.24, 2.45) is 4.99 Å².